The van der Waals surface area contributed by atoms with E-state index < -0.39 is 6.17 Å². The average molecular weight is 410 g/mol. The molecule has 148 valence electrons. The van der Waals surface area contributed by atoms with Gasteiger partial charge in [-0.15, -0.1) is 0 Å². The van der Waals surface area contributed by atoms with Gasteiger partial charge in [0.25, 0.3) is 5.91 Å². The molecule has 1 N–H and O–H groups in total. The lowest BCUT2D eigenvalue weighted by molar-refractivity contribution is 0.0727. The number of carbonyl (C=O) groups excluding carboxylic acids is 1. The summed E-state index contributed by atoms with van der Waals surface area (Å²) in [5, 5.41) is 3.88. The molecule has 1 aliphatic heterocycles. The van der Waals surface area contributed by atoms with Crippen molar-refractivity contribution in [3.8, 4) is 11.5 Å². The minimum absolute atomic E-state index is 0.0685. The monoisotopic (exact) mass is 409 g/mol. The van der Waals surface area contributed by atoms with Gasteiger partial charge in [-0.2, -0.15) is 0 Å². The maximum atomic E-state index is 13.1. The first-order valence-corrected chi connectivity index (χ1v) is 9.47. The predicted octanol–water partition coefficient (Wildman–Crippen LogP) is 4.52. The van der Waals surface area contributed by atoms with Crippen LogP contribution in [0.5, 0.6) is 11.5 Å². The minimum Gasteiger partial charge on any atom is -0.497 e. The number of amides is 1. The third kappa shape index (κ3) is 3.71. The van der Waals surface area contributed by atoms with Crippen LogP contribution >= 0.6 is 11.6 Å². The first-order valence-electron chi connectivity index (χ1n) is 9.09. The Hall–Kier alpha value is -3.25. The number of pyridine rings is 1. The highest BCUT2D eigenvalue weighted by atomic mass is 35.5. The molecule has 4 rings (SSSR count). The number of nitrogens with zero attached hydrogens (tertiary/aromatic N) is 2. The Bertz CT molecular complexity index is 1040. The van der Waals surface area contributed by atoms with E-state index in [0.717, 1.165) is 17.0 Å². The van der Waals surface area contributed by atoms with E-state index in [1.165, 1.54) is 0 Å². The zero-order valence-electron chi connectivity index (χ0n) is 16.1. The summed E-state index contributed by atoms with van der Waals surface area (Å²) in [5.74, 6) is 1.29. The van der Waals surface area contributed by atoms with Gasteiger partial charge >= 0.3 is 0 Å². The number of hydrogen-bond acceptors (Lipinski definition) is 5. The van der Waals surface area contributed by atoms with Crippen molar-refractivity contribution >= 4 is 23.2 Å². The molecule has 0 aliphatic carbocycles. The molecule has 0 saturated heterocycles. The van der Waals surface area contributed by atoms with Crippen molar-refractivity contribution in [2.75, 3.05) is 19.5 Å². The molecule has 0 radical (unpaired) electrons. The second-order valence-corrected chi connectivity index (χ2v) is 7.02. The number of carbonyl (C=O) groups is 1. The highest BCUT2D eigenvalue weighted by Crippen LogP contribution is 2.36. The van der Waals surface area contributed by atoms with Crippen molar-refractivity contribution in [1.82, 2.24) is 9.88 Å². The number of hydrogen-bond donors (Lipinski definition) is 1. The third-order valence-electron chi connectivity index (χ3n) is 4.87. The molecule has 6 nitrogen and oxygen atoms in total. The van der Waals surface area contributed by atoms with Gasteiger partial charge in [0.2, 0.25) is 0 Å². The van der Waals surface area contributed by atoms with E-state index in [1.54, 1.807) is 49.6 Å². The molecule has 0 spiro atoms. The second kappa shape index (κ2) is 8.01. The zero-order chi connectivity index (χ0) is 20.4. The van der Waals surface area contributed by atoms with Crippen molar-refractivity contribution in [1.29, 1.82) is 0 Å². The van der Waals surface area contributed by atoms with Crippen LogP contribution in [0.4, 0.5) is 5.69 Å². The summed E-state index contributed by atoms with van der Waals surface area (Å²) in [6.45, 7) is 0.431. The molecule has 1 aliphatic rings. The van der Waals surface area contributed by atoms with E-state index in [-0.39, 0.29) is 5.91 Å². The molecule has 1 aromatic heterocycles. The van der Waals surface area contributed by atoms with Crippen LogP contribution in [0.1, 0.15) is 27.8 Å². The fraction of sp³-hybridized carbons (Fsp3) is 0.182. The summed E-state index contributed by atoms with van der Waals surface area (Å²) < 4.78 is 10.4. The Morgan fingerprint density at radius 3 is 2.59 bits per heavy atom. The van der Waals surface area contributed by atoms with Gasteiger partial charge in [0.05, 0.1) is 30.5 Å². The Balaban J connectivity index is 1.65. The number of methoxy groups -OCH3 is 2. The van der Waals surface area contributed by atoms with Gasteiger partial charge in [0, 0.05) is 18.4 Å². The minimum atomic E-state index is -0.412. The van der Waals surface area contributed by atoms with Crippen molar-refractivity contribution < 1.29 is 14.3 Å². The Morgan fingerprint density at radius 2 is 1.90 bits per heavy atom. The molecular weight excluding hydrogens is 390 g/mol. The van der Waals surface area contributed by atoms with Gasteiger partial charge in [-0.25, -0.2) is 0 Å². The van der Waals surface area contributed by atoms with Crippen LogP contribution in [-0.2, 0) is 6.54 Å². The largest absolute Gasteiger partial charge is 0.497 e. The van der Waals surface area contributed by atoms with Crippen LogP contribution in [0.25, 0.3) is 0 Å². The summed E-state index contributed by atoms with van der Waals surface area (Å²) in [6.07, 6.45) is 1.28. The van der Waals surface area contributed by atoms with E-state index in [9.17, 15) is 4.79 Å². The smallest absolute Gasteiger partial charge is 0.258 e. The summed E-state index contributed by atoms with van der Waals surface area (Å²) in [4.78, 5) is 19.3. The Kier molecular flexibility index (Phi) is 5.27. The van der Waals surface area contributed by atoms with Gasteiger partial charge in [-0.3, -0.25) is 9.78 Å². The molecule has 2 aromatic carbocycles. The van der Waals surface area contributed by atoms with E-state index in [1.807, 2.05) is 30.3 Å². The number of rotatable bonds is 6. The number of anilines is 1. The standard InChI is InChI=1S/C22H20ClN3O3/c1-28-16-8-5-14(6-9-16)13-26-21(20-17(22(26)27)4-3-11-24-20)25-15-7-10-19(29-2)18(23)12-15/h3-12,21,25H,13H2,1-2H3/t21-/m1/s1. The summed E-state index contributed by atoms with van der Waals surface area (Å²) >= 11 is 6.27. The lowest BCUT2D eigenvalue weighted by atomic mass is 10.2. The summed E-state index contributed by atoms with van der Waals surface area (Å²) in [7, 11) is 3.20. The fourth-order valence-electron chi connectivity index (χ4n) is 3.39. The lowest BCUT2D eigenvalue weighted by Gasteiger charge is -2.27. The van der Waals surface area contributed by atoms with Crippen molar-refractivity contribution in [2.45, 2.75) is 12.7 Å². The van der Waals surface area contributed by atoms with Crippen LogP contribution in [0.2, 0.25) is 5.02 Å². The van der Waals surface area contributed by atoms with Crippen LogP contribution in [-0.4, -0.2) is 30.0 Å². The van der Waals surface area contributed by atoms with Crippen LogP contribution in [0.3, 0.4) is 0 Å². The second-order valence-electron chi connectivity index (χ2n) is 6.61. The summed E-state index contributed by atoms with van der Waals surface area (Å²) in [6, 6.07) is 16.7. The van der Waals surface area contributed by atoms with E-state index >= 15 is 0 Å². The average Bonchev–Trinajstić information content (AvgIpc) is 3.00. The number of benzene rings is 2. The number of nitrogens with one attached hydrogen (secondary N) is 1. The highest BCUT2D eigenvalue weighted by Gasteiger charge is 2.37. The Labute approximate surface area is 174 Å². The first-order chi connectivity index (χ1) is 14.1. The molecular formula is C22H20ClN3O3. The molecule has 7 heteroatoms. The van der Waals surface area contributed by atoms with Crippen LogP contribution in [0.15, 0.2) is 60.8 Å². The van der Waals surface area contributed by atoms with Gasteiger partial charge in [-0.05, 0) is 48.0 Å². The molecule has 29 heavy (non-hydrogen) atoms. The molecule has 0 fully saturated rings. The number of ether oxygens (including phenoxy) is 2. The van der Waals surface area contributed by atoms with Gasteiger partial charge in [0.15, 0.2) is 0 Å². The molecule has 3 aromatic rings. The fourth-order valence-corrected chi connectivity index (χ4v) is 3.64. The maximum absolute atomic E-state index is 13.1. The van der Waals surface area contributed by atoms with E-state index in [0.29, 0.717) is 28.6 Å². The van der Waals surface area contributed by atoms with Gasteiger partial charge < -0.3 is 19.7 Å². The lowest BCUT2D eigenvalue weighted by Crippen LogP contribution is -2.32. The summed E-state index contributed by atoms with van der Waals surface area (Å²) in [5.41, 5.74) is 3.05. The number of fused-ring (bicyclic) bond motifs is 1. The molecule has 1 amide bonds. The SMILES string of the molecule is COc1ccc(CN2C(=O)c3cccnc3[C@@H]2Nc2ccc(OC)c(Cl)c2)cc1. The first kappa shape index (κ1) is 19.1. The maximum Gasteiger partial charge on any atom is 0.258 e. The molecule has 0 saturated carbocycles. The van der Waals surface area contributed by atoms with Gasteiger partial charge in [-0.1, -0.05) is 23.7 Å². The molecule has 0 bridgehead atoms. The molecule has 0 unspecified atom stereocenters. The predicted molar refractivity (Wildman–Crippen MR) is 111 cm³/mol. The quantitative estimate of drug-likeness (QED) is 0.648. The number of aromatic nitrogens is 1. The normalized spacial score (nSPS) is 15.2. The number of halogens is 1. The van der Waals surface area contributed by atoms with Crippen LogP contribution in [0, 0.1) is 0 Å². The molecule has 2 heterocycles. The van der Waals surface area contributed by atoms with Crippen molar-refractivity contribution in [2.24, 2.45) is 0 Å². The van der Waals surface area contributed by atoms with Crippen molar-refractivity contribution in [3.63, 3.8) is 0 Å². The van der Waals surface area contributed by atoms with E-state index in [4.69, 9.17) is 21.1 Å². The van der Waals surface area contributed by atoms with Crippen LogP contribution < -0.4 is 14.8 Å². The zero-order valence-corrected chi connectivity index (χ0v) is 16.8. The topological polar surface area (TPSA) is 63.7 Å². The van der Waals surface area contributed by atoms with Gasteiger partial charge in [0.1, 0.15) is 17.7 Å². The van der Waals surface area contributed by atoms with E-state index in [2.05, 4.69) is 10.3 Å². The van der Waals surface area contributed by atoms with Crippen molar-refractivity contribution in [3.05, 3.63) is 82.6 Å². The molecule has 1 atom stereocenters. The Morgan fingerprint density at radius 1 is 1.10 bits per heavy atom. The third-order valence-corrected chi connectivity index (χ3v) is 5.16. The highest BCUT2D eigenvalue weighted by molar-refractivity contribution is 6.32.